The quantitative estimate of drug-likeness (QED) is 0.838. The van der Waals surface area contributed by atoms with Gasteiger partial charge in [-0.2, -0.15) is 5.10 Å². The Morgan fingerprint density at radius 3 is 2.71 bits per heavy atom. The second kappa shape index (κ2) is 4.61. The van der Waals surface area contributed by atoms with Crippen LogP contribution < -0.4 is 5.56 Å². The Morgan fingerprint density at radius 1 is 1.41 bits per heavy atom. The van der Waals surface area contributed by atoms with Crippen LogP contribution in [0.1, 0.15) is 38.6 Å². The van der Waals surface area contributed by atoms with Crippen LogP contribution in [0.3, 0.4) is 0 Å². The summed E-state index contributed by atoms with van der Waals surface area (Å²) < 4.78 is 2.61. The van der Waals surface area contributed by atoms with Crippen molar-refractivity contribution < 1.29 is 0 Å². The molecule has 0 N–H and O–H groups in total. The van der Waals surface area contributed by atoms with Gasteiger partial charge >= 0.3 is 0 Å². The van der Waals surface area contributed by atoms with Crippen molar-refractivity contribution in [1.29, 1.82) is 0 Å². The second-order valence-electron chi connectivity index (χ2n) is 4.72. The summed E-state index contributed by atoms with van der Waals surface area (Å²) in [5, 5.41) is 5.10. The van der Waals surface area contributed by atoms with Gasteiger partial charge in [0.2, 0.25) is 0 Å². The van der Waals surface area contributed by atoms with Crippen molar-refractivity contribution in [2.45, 2.75) is 40.2 Å². The molecule has 3 nitrogen and oxygen atoms in total. The molecule has 0 bridgehead atoms. The molecule has 0 radical (unpaired) electrons. The Kier molecular flexibility index (Phi) is 3.33. The lowest BCUT2D eigenvalue weighted by Gasteiger charge is -2.16. The molecule has 0 spiro atoms. The first-order valence-corrected chi connectivity index (χ1v) is 6.86. The van der Waals surface area contributed by atoms with Crippen LogP contribution in [0.15, 0.2) is 17.1 Å². The van der Waals surface area contributed by atoms with Gasteiger partial charge in [0, 0.05) is 4.88 Å². The molecule has 92 valence electrons. The van der Waals surface area contributed by atoms with Gasteiger partial charge in [0.25, 0.3) is 5.56 Å². The standard InChI is InChI=1S/C13H18N2OS/c1-5-10-6-11-12(17-10)7-14-15(13(11)16)9(4)8(2)3/h6-9H,5H2,1-4H3. The fourth-order valence-electron chi connectivity index (χ4n) is 1.76. The maximum atomic E-state index is 12.3. The molecule has 0 aliphatic heterocycles. The summed E-state index contributed by atoms with van der Waals surface area (Å²) in [6, 6.07) is 2.14. The van der Waals surface area contributed by atoms with Crippen molar-refractivity contribution >= 4 is 21.4 Å². The Hall–Kier alpha value is -1.16. The van der Waals surface area contributed by atoms with Gasteiger partial charge in [0.15, 0.2) is 0 Å². The van der Waals surface area contributed by atoms with Gasteiger partial charge in [0.1, 0.15) is 0 Å². The lowest BCUT2D eigenvalue weighted by Crippen LogP contribution is -2.27. The SMILES string of the molecule is CCc1cc2c(=O)n(C(C)C(C)C)ncc2s1. The maximum Gasteiger partial charge on any atom is 0.275 e. The summed E-state index contributed by atoms with van der Waals surface area (Å²) in [4.78, 5) is 13.6. The lowest BCUT2D eigenvalue weighted by molar-refractivity contribution is 0.363. The highest BCUT2D eigenvalue weighted by atomic mass is 32.1. The molecular formula is C13H18N2OS. The molecule has 0 saturated carbocycles. The average Bonchev–Trinajstić information content (AvgIpc) is 2.72. The Morgan fingerprint density at radius 2 is 2.12 bits per heavy atom. The molecule has 4 heteroatoms. The summed E-state index contributed by atoms with van der Waals surface area (Å²) in [7, 11) is 0. The summed E-state index contributed by atoms with van der Waals surface area (Å²) >= 11 is 1.66. The third kappa shape index (κ3) is 2.14. The number of aryl methyl sites for hydroxylation is 1. The molecule has 1 unspecified atom stereocenters. The van der Waals surface area contributed by atoms with Gasteiger partial charge < -0.3 is 0 Å². The van der Waals surface area contributed by atoms with E-state index in [9.17, 15) is 4.79 Å². The van der Waals surface area contributed by atoms with E-state index in [0.29, 0.717) is 5.92 Å². The van der Waals surface area contributed by atoms with Gasteiger partial charge in [-0.25, -0.2) is 4.68 Å². The van der Waals surface area contributed by atoms with E-state index < -0.39 is 0 Å². The Balaban J connectivity index is 2.61. The number of aromatic nitrogens is 2. The third-order valence-corrected chi connectivity index (χ3v) is 4.46. The predicted molar refractivity (Wildman–Crippen MR) is 72.8 cm³/mol. The molecule has 2 aromatic heterocycles. The molecule has 1 atom stereocenters. The topological polar surface area (TPSA) is 34.9 Å². The van der Waals surface area contributed by atoms with E-state index >= 15 is 0 Å². The van der Waals surface area contributed by atoms with Crippen molar-refractivity contribution in [3.05, 3.63) is 27.5 Å². The molecular weight excluding hydrogens is 232 g/mol. The molecule has 2 rings (SSSR count). The fraction of sp³-hybridized carbons (Fsp3) is 0.538. The van der Waals surface area contributed by atoms with Gasteiger partial charge in [-0.3, -0.25) is 4.79 Å². The van der Waals surface area contributed by atoms with Crippen molar-refractivity contribution in [3.63, 3.8) is 0 Å². The monoisotopic (exact) mass is 250 g/mol. The van der Waals surface area contributed by atoms with Crippen molar-refractivity contribution in [2.24, 2.45) is 5.92 Å². The number of rotatable bonds is 3. The normalized spacial score (nSPS) is 13.5. The summed E-state index contributed by atoms with van der Waals surface area (Å²) in [6.45, 7) is 8.35. The highest BCUT2D eigenvalue weighted by Crippen LogP contribution is 2.23. The van der Waals surface area contributed by atoms with Crippen molar-refractivity contribution in [1.82, 2.24) is 9.78 Å². The fourth-order valence-corrected chi connectivity index (χ4v) is 2.72. The molecule has 2 heterocycles. The lowest BCUT2D eigenvalue weighted by atomic mass is 10.1. The number of fused-ring (bicyclic) bond motifs is 1. The molecule has 0 amide bonds. The predicted octanol–water partition coefficient (Wildman–Crippen LogP) is 3.24. The summed E-state index contributed by atoms with van der Waals surface area (Å²) in [5.41, 5.74) is 0.0413. The number of thiophene rings is 1. The summed E-state index contributed by atoms with van der Waals surface area (Å²) in [6.07, 6.45) is 2.79. The Bertz CT molecular complexity index is 583. The van der Waals surface area contributed by atoms with Gasteiger partial charge in [-0.15, -0.1) is 11.3 Å². The largest absolute Gasteiger partial charge is 0.275 e. The van der Waals surface area contributed by atoms with Crippen LogP contribution in [0.5, 0.6) is 0 Å². The van der Waals surface area contributed by atoms with Crippen molar-refractivity contribution in [2.75, 3.05) is 0 Å². The van der Waals surface area contributed by atoms with E-state index in [4.69, 9.17) is 0 Å². The van der Waals surface area contributed by atoms with Gasteiger partial charge in [-0.1, -0.05) is 20.8 Å². The molecule has 0 aliphatic rings. The van der Waals surface area contributed by atoms with Gasteiger partial charge in [0.05, 0.1) is 22.3 Å². The number of hydrogen-bond donors (Lipinski definition) is 0. The van der Waals surface area contributed by atoms with Gasteiger partial charge in [-0.05, 0) is 25.3 Å². The van der Waals surface area contributed by atoms with E-state index in [1.165, 1.54) is 4.88 Å². The number of nitrogens with zero attached hydrogens (tertiary/aromatic N) is 2. The zero-order chi connectivity index (χ0) is 12.6. The first-order valence-electron chi connectivity index (χ1n) is 6.04. The van der Waals surface area contributed by atoms with Crippen LogP contribution in [0.4, 0.5) is 0 Å². The molecule has 0 saturated heterocycles. The zero-order valence-electron chi connectivity index (χ0n) is 10.7. The highest BCUT2D eigenvalue weighted by Gasteiger charge is 2.15. The van der Waals surface area contributed by atoms with Crippen LogP contribution in [-0.4, -0.2) is 9.78 Å². The van der Waals surface area contributed by atoms with Crippen LogP contribution in [-0.2, 0) is 6.42 Å². The molecule has 0 aromatic carbocycles. The maximum absolute atomic E-state index is 12.3. The summed E-state index contributed by atoms with van der Waals surface area (Å²) in [5.74, 6) is 0.405. The first kappa shape index (κ1) is 12.3. The average molecular weight is 250 g/mol. The van der Waals surface area contributed by atoms with E-state index in [1.54, 1.807) is 16.0 Å². The molecule has 17 heavy (non-hydrogen) atoms. The zero-order valence-corrected chi connectivity index (χ0v) is 11.5. The van der Waals surface area contributed by atoms with E-state index in [0.717, 1.165) is 16.5 Å². The minimum atomic E-state index is 0.0413. The number of hydrogen-bond acceptors (Lipinski definition) is 3. The third-order valence-electron chi connectivity index (χ3n) is 3.25. The highest BCUT2D eigenvalue weighted by molar-refractivity contribution is 7.19. The molecule has 2 aromatic rings. The first-order chi connectivity index (χ1) is 8.04. The van der Waals surface area contributed by atoms with E-state index in [1.807, 2.05) is 19.2 Å². The minimum Gasteiger partial charge on any atom is -0.267 e. The van der Waals surface area contributed by atoms with E-state index in [2.05, 4.69) is 25.9 Å². The van der Waals surface area contributed by atoms with Crippen LogP contribution in [0, 0.1) is 5.92 Å². The molecule has 0 fully saturated rings. The second-order valence-corrected chi connectivity index (χ2v) is 5.89. The smallest absolute Gasteiger partial charge is 0.267 e. The van der Waals surface area contributed by atoms with Crippen LogP contribution in [0.25, 0.3) is 10.1 Å². The van der Waals surface area contributed by atoms with E-state index in [-0.39, 0.29) is 11.6 Å². The van der Waals surface area contributed by atoms with Crippen LogP contribution >= 0.6 is 11.3 Å². The molecule has 0 aliphatic carbocycles. The van der Waals surface area contributed by atoms with Crippen molar-refractivity contribution in [3.8, 4) is 0 Å². The Labute approximate surface area is 105 Å². The van der Waals surface area contributed by atoms with Crippen LogP contribution in [0.2, 0.25) is 0 Å². The minimum absolute atomic E-state index is 0.0413.